The Morgan fingerprint density at radius 1 is 1.47 bits per heavy atom. The quantitative estimate of drug-likeness (QED) is 0.842. The normalized spacial score (nSPS) is 11.5. The van der Waals surface area contributed by atoms with Crippen LogP contribution in [-0.4, -0.2) is 11.0 Å². The molecule has 0 saturated heterocycles. The second-order valence-electron chi connectivity index (χ2n) is 3.76. The summed E-state index contributed by atoms with van der Waals surface area (Å²) in [5, 5.41) is 3.19. The van der Waals surface area contributed by atoms with Crippen molar-refractivity contribution in [1.82, 2.24) is 10.3 Å². The second-order valence-corrected chi connectivity index (χ2v) is 3.76. The fraction of sp³-hybridized carbons (Fsp3) is 0.364. The van der Waals surface area contributed by atoms with Gasteiger partial charge in [0, 0.05) is 12.1 Å². The molecule has 1 heterocycles. The molecule has 0 amide bonds. The first kappa shape index (κ1) is 10.1. The molecule has 80 valence electrons. The summed E-state index contributed by atoms with van der Waals surface area (Å²) < 4.78 is 18.2. The van der Waals surface area contributed by atoms with Gasteiger partial charge in [0.15, 0.2) is 5.58 Å². The lowest BCUT2D eigenvalue weighted by Crippen LogP contribution is -2.21. The fourth-order valence-electron chi connectivity index (χ4n) is 1.31. The Morgan fingerprint density at radius 3 is 3.00 bits per heavy atom. The number of nitrogens with zero attached hydrogens (tertiary/aromatic N) is 1. The van der Waals surface area contributed by atoms with Gasteiger partial charge in [0.25, 0.3) is 0 Å². The van der Waals surface area contributed by atoms with E-state index in [0.29, 0.717) is 29.6 Å². The van der Waals surface area contributed by atoms with Crippen molar-refractivity contribution in [2.45, 2.75) is 26.4 Å². The van der Waals surface area contributed by atoms with Crippen molar-refractivity contribution in [2.24, 2.45) is 0 Å². The van der Waals surface area contributed by atoms with Crippen LogP contribution in [-0.2, 0) is 6.54 Å². The minimum Gasteiger partial charge on any atom is -0.439 e. The molecule has 1 aromatic heterocycles. The van der Waals surface area contributed by atoms with E-state index in [9.17, 15) is 4.39 Å². The van der Waals surface area contributed by atoms with Crippen LogP contribution in [0.2, 0.25) is 0 Å². The number of rotatable bonds is 3. The van der Waals surface area contributed by atoms with Crippen LogP contribution in [0.3, 0.4) is 0 Å². The molecule has 2 aromatic rings. The average molecular weight is 208 g/mol. The van der Waals surface area contributed by atoms with Crippen molar-refractivity contribution in [2.75, 3.05) is 0 Å². The summed E-state index contributed by atoms with van der Waals surface area (Å²) in [6, 6.07) is 4.72. The van der Waals surface area contributed by atoms with E-state index in [0.717, 1.165) is 0 Å². The average Bonchev–Trinajstić information content (AvgIpc) is 2.56. The van der Waals surface area contributed by atoms with E-state index in [-0.39, 0.29) is 5.82 Å². The zero-order chi connectivity index (χ0) is 10.8. The van der Waals surface area contributed by atoms with Gasteiger partial charge in [-0.3, -0.25) is 0 Å². The molecule has 0 aliphatic rings. The standard InChI is InChI=1S/C11H13FN2O/c1-7(2)13-6-11-14-9-4-3-8(12)5-10(9)15-11/h3-5,7,13H,6H2,1-2H3. The Bertz CT molecular complexity index is 465. The summed E-state index contributed by atoms with van der Waals surface area (Å²) in [6.07, 6.45) is 0. The second kappa shape index (κ2) is 3.98. The van der Waals surface area contributed by atoms with Crippen LogP contribution in [0.4, 0.5) is 4.39 Å². The molecular weight excluding hydrogens is 195 g/mol. The maximum atomic E-state index is 12.9. The number of benzene rings is 1. The first-order valence-electron chi connectivity index (χ1n) is 4.93. The number of fused-ring (bicyclic) bond motifs is 1. The van der Waals surface area contributed by atoms with E-state index >= 15 is 0 Å². The first-order chi connectivity index (χ1) is 7.15. The van der Waals surface area contributed by atoms with Gasteiger partial charge in [-0.1, -0.05) is 13.8 Å². The number of oxazole rings is 1. The molecule has 0 saturated carbocycles. The highest BCUT2D eigenvalue weighted by molar-refractivity contribution is 5.72. The van der Waals surface area contributed by atoms with E-state index < -0.39 is 0 Å². The molecule has 0 atom stereocenters. The Kier molecular flexibility index (Phi) is 2.68. The third kappa shape index (κ3) is 2.33. The van der Waals surface area contributed by atoms with Crippen LogP contribution in [0.25, 0.3) is 11.1 Å². The minimum absolute atomic E-state index is 0.304. The molecule has 4 heteroatoms. The maximum absolute atomic E-state index is 12.9. The maximum Gasteiger partial charge on any atom is 0.209 e. The third-order valence-electron chi connectivity index (χ3n) is 2.06. The van der Waals surface area contributed by atoms with Crippen molar-refractivity contribution in [3.63, 3.8) is 0 Å². The molecule has 0 aliphatic heterocycles. The molecule has 0 fully saturated rings. The molecule has 0 spiro atoms. The van der Waals surface area contributed by atoms with Crippen LogP contribution in [0.5, 0.6) is 0 Å². The predicted octanol–water partition coefficient (Wildman–Crippen LogP) is 2.46. The minimum atomic E-state index is -0.304. The van der Waals surface area contributed by atoms with Gasteiger partial charge in [0.1, 0.15) is 11.3 Å². The Balaban J connectivity index is 2.23. The SMILES string of the molecule is CC(C)NCc1nc2ccc(F)cc2o1. The molecule has 0 unspecified atom stereocenters. The van der Waals surface area contributed by atoms with Gasteiger partial charge in [-0.15, -0.1) is 0 Å². The highest BCUT2D eigenvalue weighted by atomic mass is 19.1. The van der Waals surface area contributed by atoms with E-state index in [2.05, 4.69) is 10.3 Å². The molecule has 15 heavy (non-hydrogen) atoms. The lowest BCUT2D eigenvalue weighted by Gasteiger charge is -2.03. The first-order valence-corrected chi connectivity index (χ1v) is 4.93. The molecular formula is C11H13FN2O. The lowest BCUT2D eigenvalue weighted by atomic mass is 10.3. The summed E-state index contributed by atoms with van der Waals surface area (Å²) in [4.78, 5) is 4.23. The smallest absolute Gasteiger partial charge is 0.209 e. The molecule has 0 aliphatic carbocycles. The Labute approximate surface area is 87.3 Å². The fourth-order valence-corrected chi connectivity index (χ4v) is 1.31. The Hall–Kier alpha value is -1.42. The molecule has 0 radical (unpaired) electrons. The molecule has 0 bridgehead atoms. The van der Waals surface area contributed by atoms with Crippen LogP contribution in [0.15, 0.2) is 22.6 Å². The van der Waals surface area contributed by atoms with Gasteiger partial charge >= 0.3 is 0 Å². The van der Waals surface area contributed by atoms with E-state index in [4.69, 9.17) is 4.42 Å². The van der Waals surface area contributed by atoms with Crippen LogP contribution < -0.4 is 5.32 Å². The van der Waals surface area contributed by atoms with Gasteiger partial charge < -0.3 is 9.73 Å². The predicted molar refractivity (Wildman–Crippen MR) is 55.9 cm³/mol. The summed E-state index contributed by atoms with van der Waals surface area (Å²) in [5.74, 6) is 0.284. The summed E-state index contributed by atoms with van der Waals surface area (Å²) in [7, 11) is 0. The number of nitrogens with one attached hydrogen (secondary N) is 1. The zero-order valence-corrected chi connectivity index (χ0v) is 8.75. The number of hydrogen-bond donors (Lipinski definition) is 1. The van der Waals surface area contributed by atoms with E-state index in [1.54, 1.807) is 6.07 Å². The third-order valence-corrected chi connectivity index (χ3v) is 2.06. The Morgan fingerprint density at radius 2 is 2.27 bits per heavy atom. The molecule has 1 N–H and O–H groups in total. The van der Waals surface area contributed by atoms with Crippen LogP contribution in [0.1, 0.15) is 19.7 Å². The van der Waals surface area contributed by atoms with Crippen molar-refractivity contribution >= 4 is 11.1 Å². The van der Waals surface area contributed by atoms with E-state index in [1.165, 1.54) is 12.1 Å². The lowest BCUT2D eigenvalue weighted by molar-refractivity contribution is 0.471. The molecule has 3 nitrogen and oxygen atoms in total. The number of halogens is 1. The largest absolute Gasteiger partial charge is 0.439 e. The van der Waals surface area contributed by atoms with E-state index in [1.807, 2.05) is 13.8 Å². The van der Waals surface area contributed by atoms with Crippen molar-refractivity contribution in [3.8, 4) is 0 Å². The van der Waals surface area contributed by atoms with Gasteiger partial charge in [-0.25, -0.2) is 9.37 Å². The number of hydrogen-bond acceptors (Lipinski definition) is 3. The van der Waals surface area contributed by atoms with Crippen molar-refractivity contribution in [3.05, 3.63) is 29.9 Å². The van der Waals surface area contributed by atoms with Crippen LogP contribution >= 0.6 is 0 Å². The zero-order valence-electron chi connectivity index (χ0n) is 8.75. The van der Waals surface area contributed by atoms with Gasteiger partial charge in [0.05, 0.1) is 6.54 Å². The highest BCUT2D eigenvalue weighted by Crippen LogP contribution is 2.16. The topological polar surface area (TPSA) is 38.1 Å². The summed E-state index contributed by atoms with van der Waals surface area (Å²) in [5.41, 5.74) is 1.19. The summed E-state index contributed by atoms with van der Waals surface area (Å²) in [6.45, 7) is 4.65. The molecule has 1 aromatic carbocycles. The van der Waals surface area contributed by atoms with Crippen molar-refractivity contribution < 1.29 is 8.81 Å². The van der Waals surface area contributed by atoms with Gasteiger partial charge in [-0.2, -0.15) is 0 Å². The van der Waals surface area contributed by atoms with Gasteiger partial charge in [-0.05, 0) is 12.1 Å². The molecule has 2 rings (SSSR count). The van der Waals surface area contributed by atoms with Crippen LogP contribution in [0, 0.1) is 5.82 Å². The highest BCUT2D eigenvalue weighted by Gasteiger charge is 2.06. The monoisotopic (exact) mass is 208 g/mol. The van der Waals surface area contributed by atoms with Crippen molar-refractivity contribution in [1.29, 1.82) is 0 Å². The number of aromatic nitrogens is 1. The van der Waals surface area contributed by atoms with Gasteiger partial charge in [0.2, 0.25) is 5.89 Å². The summed E-state index contributed by atoms with van der Waals surface area (Å²) >= 11 is 0.